The number of nitrogens with zero attached hydrogens (tertiary/aromatic N) is 3. The summed E-state index contributed by atoms with van der Waals surface area (Å²) in [5, 5.41) is 8.74. The zero-order valence-corrected chi connectivity index (χ0v) is 26.5. The third-order valence-electron chi connectivity index (χ3n) is 7.83. The second kappa shape index (κ2) is 12.0. The monoisotopic (exact) mass is 604 g/mol. The minimum Gasteiger partial charge on any atom is -0.378 e. The molecule has 3 aromatic rings. The molecule has 0 radical (unpaired) electrons. The predicted octanol–water partition coefficient (Wildman–Crippen LogP) is 5.25. The van der Waals surface area contributed by atoms with Crippen molar-refractivity contribution >= 4 is 46.2 Å². The van der Waals surface area contributed by atoms with Crippen molar-refractivity contribution in [3.63, 3.8) is 0 Å². The van der Waals surface area contributed by atoms with Crippen molar-refractivity contribution in [1.82, 2.24) is 15.2 Å². The van der Waals surface area contributed by atoms with Crippen molar-refractivity contribution < 1.29 is 19.1 Å². The van der Waals surface area contributed by atoms with Crippen LogP contribution >= 0.6 is 11.3 Å². The number of carbonyl (C=O) groups excluding carboxylic acids is 3. The molecule has 0 saturated carbocycles. The van der Waals surface area contributed by atoms with Gasteiger partial charge in [-0.3, -0.25) is 14.6 Å². The molecule has 2 aromatic heterocycles. The molecule has 2 aliphatic rings. The molecule has 2 fully saturated rings. The molecule has 0 bridgehead atoms. The molecule has 4 amide bonds. The summed E-state index contributed by atoms with van der Waals surface area (Å²) in [6, 6.07) is 11.2. The molecule has 0 atom stereocenters. The van der Waals surface area contributed by atoms with Gasteiger partial charge in [0.05, 0.1) is 42.2 Å². The average Bonchev–Trinajstić information content (AvgIpc) is 3.40. The number of thiophene rings is 1. The number of carbonyl (C=O) groups is 3. The van der Waals surface area contributed by atoms with Gasteiger partial charge in [-0.25, -0.2) is 4.79 Å². The molecule has 2 aliphatic heterocycles. The highest BCUT2D eigenvalue weighted by Gasteiger charge is 2.42. The van der Waals surface area contributed by atoms with Gasteiger partial charge in [-0.05, 0) is 56.5 Å². The first kappa shape index (κ1) is 30.5. The number of ether oxygens (including phenoxy) is 1. The smallest absolute Gasteiger partial charge is 0.323 e. The summed E-state index contributed by atoms with van der Waals surface area (Å²) < 4.78 is 5.46. The lowest BCUT2D eigenvalue weighted by molar-refractivity contribution is -0.133. The Morgan fingerprint density at radius 3 is 2.42 bits per heavy atom. The largest absolute Gasteiger partial charge is 0.378 e. The summed E-state index contributed by atoms with van der Waals surface area (Å²) in [4.78, 5) is 49.8. The Bertz CT molecular complexity index is 1520. The Balaban J connectivity index is 1.40. The summed E-state index contributed by atoms with van der Waals surface area (Å²) >= 11 is 1.35. The lowest BCUT2D eigenvalue weighted by Gasteiger charge is -2.41. The molecule has 2 saturated heterocycles. The number of anilines is 3. The van der Waals surface area contributed by atoms with Crippen LogP contribution in [0.2, 0.25) is 0 Å². The van der Waals surface area contributed by atoms with E-state index in [9.17, 15) is 14.4 Å². The topological polar surface area (TPSA) is 116 Å². The molecular weight excluding hydrogens is 564 g/mol. The fourth-order valence-corrected chi connectivity index (χ4v) is 6.32. The molecule has 0 spiro atoms. The van der Waals surface area contributed by atoms with E-state index in [-0.39, 0.29) is 17.2 Å². The first-order valence-electron chi connectivity index (χ1n) is 14.6. The minimum absolute atomic E-state index is 0.203. The van der Waals surface area contributed by atoms with Crippen LogP contribution in [-0.4, -0.2) is 72.7 Å². The maximum absolute atomic E-state index is 13.8. The van der Waals surface area contributed by atoms with Crippen molar-refractivity contribution in [2.45, 2.75) is 52.5 Å². The van der Waals surface area contributed by atoms with Crippen molar-refractivity contribution in [2.24, 2.45) is 0 Å². The SMILES string of the molecule is Cc1ccc(NC(=O)Nc2cc(C(C)(C)C)sc2C(=O)N2CCNC(=O)C2(C)C)c(-c2ccc(N3CCOCC3)cn2)c1. The average molecular weight is 605 g/mol. The van der Waals surface area contributed by atoms with E-state index >= 15 is 0 Å². The molecule has 3 N–H and O–H groups in total. The second-order valence-electron chi connectivity index (χ2n) is 12.5. The second-order valence-corrected chi connectivity index (χ2v) is 13.6. The van der Waals surface area contributed by atoms with E-state index in [1.54, 1.807) is 18.7 Å². The Labute approximate surface area is 256 Å². The highest BCUT2D eigenvalue weighted by atomic mass is 32.1. The van der Waals surface area contributed by atoms with Gasteiger partial charge < -0.3 is 30.5 Å². The summed E-state index contributed by atoms with van der Waals surface area (Å²) in [5.41, 5.74) is 3.36. The van der Waals surface area contributed by atoms with E-state index in [1.165, 1.54) is 11.3 Å². The molecule has 0 unspecified atom stereocenters. The summed E-state index contributed by atoms with van der Waals surface area (Å²) in [7, 11) is 0. The van der Waals surface area contributed by atoms with Crippen molar-refractivity contribution in [2.75, 3.05) is 54.9 Å². The number of hydrogen-bond donors (Lipinski definition) is 3. The Morgan fingerprint density at radius 1 is 1.02 bits per heavy atom. The number of morpholine rings is 1. The fraction of sp³-hybridized carbons (Fsp3) is 0.438. The number of pyridine rings is 1. The van der Waals surface area contributed by atoms with Gasteiger partial charge in [0, 0.05) is 36.6 Å². The van der Waals surface area contributed by atoms with Gasteiger partial charge in [-0.2, -0.15) is 0 Å². The number of nitrogens with one attached hydrogen (secondary N) is 3. The van der Waals surface area contributed by atoms with Crippen LogP contribution in [0.3, 0.4) is 0 Å². The van der Waals surface area contributed by atoms with Gasteiger partial charge >= 0.3 is 6.03 Å². The zero-order chi connectivity index (χ0) is 30.9. The molecule has 0 aliphatic carbocycles. The molecule has 10 nitrogen and oxygen atoms in total. The Kier molecular flexibility index (Phi) is 8.49. The van der Waals surface area contributed by atoms with Crippen LogP contribution in [0.5, 0.6) is 0 Å². The van der Waals surface area contributed by atoms with E-state index < -0.39 is 11.6 Å². The van der Waals surface area contributed by atoms with Crippen LogP contribution in [0, 0.1) is 6.92 Å². The van der Waals surface area contributed by atoms with E-state index in [1.807, 2.05) is 49.5 Å². The molecule has 4 heterocycles. The highest BCUT2D eigenvalue weighted by Crippen LogP contribution is 2.38. The Morgan fingerprint density at radius 2 is 1.74 bits per heavy atom. The van der Waals surface area contributed by atoms with Crippen molar-refractivity contribution in [3.05, 3.63) is 57.9 Å². The normalized spacial score (nSPS) is 16.9. The van der Waals surface area contributed by atoms with Crippen LogP contribution < -0.4 is 20.9 Å². The van der Waals surface area contributed by atoms with Gasteiger partial charge in [-0.15, -0.1) is 11.3 Å². The van der Waals surface area contributed by atoms with E-state index in [0.29, 0.717) is 42.6 Å². The lowest BCUT2D eigenvalue weighted by atomic mass is 9.94. The van der Waals surface area contributed by atoms with Crippen LogP contribution in [0.1, 0.15) is 54.7 Å². The van der Waals surface area contributed by atoms with E-state index in [0.717, 1.165) is 40.5 Å². The molecular formula is C32H40N6O4S. The molecule has 5 rings (SSSR count). The standard InChI is InChI=1S/C32H40N6O4S/c1-20-7-9-24(22(17-20)23-10-8-21(19-34-23)37-13-15-42-16-14-37)35-30(41)36-25-18-26(31(2,3)4)43-27(25)28(39)38-12-11-33-29(40)32(38,5)6/h7-10,17-19H,11-16H2,1-6H3,(H,33,40)(H2,35,36,41). The minimum atomic E-state index is -1.01. The number of benzene rings is 1. The number of rotatable bonds is 5. The third kappa shape index (κ3) is 6.52. The van der Waals surface area contributed by atoms with Gasteiger partial charge in [0.2, 0.25) is 5.91 Å². The predicted molar refractivity (Wildman–Crippen MR) is 171 cm³/mol. The van der Waals surface area contributed by atoms with Crippen LogP contribution in [0.15, 0.2) is 42.6 Å². The van der Waals surface area contributed by atoms with Crippen LogP contribution in [0.25, 0.3) is 11.3 Å². The molecule has 11 heteroatoms. The van der Waals surface area contributed by atoms with E-state index in [2.05, 4.69) is 41.6 Å². The number of piperazine rings is 1. The summed E-state index contributed by atoms with van der Waals surface area (Å²) in [6.45, 7) is 15.5. The van der Waals surface area contributed by atoms with Gasteiger partial charge in [0.15, 0.2) is 0 Å². The summed E-state index contributed by atoms with van der Waals surface area (Å²) in [6.07, 6.45) is 1.85. The highest BCUT2D eigenvalue weighted by molar-refractivity contribution is 7.14. The quantitative estimate of drug-likeness (QED) is 0.367. The number of aryl methyl sites for hydroxylation is 1. The molecule has 228 valence electrons. The van der Waals surface area contributed by atoms with Crippen molar-refractivity contribution in [3.8, 4) is 11.3 Å². The maximum atomic E-state index is 13.8. The van der Waals surface area contributed by atoms with Gasteiger partial charge in [0.1, 0.15) is 10.4 Å². The Hall–Kier alpha value is -3.96. The molecule has 43 heavy (non-hydrogen) atoms. The first-order chi connectivity index (χ1) is 20.3. The van der Waals surface area contributed by atoms with Crippen LogP contribution in [0.4, 0.5) is 21.9 Å². The zero-order valence-electron chi connectivity index (χ0n) is 25.7. The maximum Gasteiger partial charge on any atom is 0.323 e. The number of amides is 4. The molecule has 1 aromatic carbocycles. The first-order valence-corrected chi connectivity index (χ1v) is 15.4. The third-order valence-corrected chi connectivity index (χ3v) is 9.38. The number of aromatic nitrogens is 1. The summed E-state index contributed by atoms with van der Waals surface area (Å²) in [5.74, 6) is -0.485. The van der Waals surface area contributed by atoms with Gasteiger partial charge in [0.25, 0.3) is 5.91 Å². The van der Waals surface area contributed by atoms with Crippen LogP contribution in [-0.2, 0) is 14.9 Å². The lowest BCUT2D eigenvalue weighted by Crippen LogP contribution is -2.63. The number of urea groups is 1. The fourth-order valence-electron chi connectivity index (χ4n) is 5.20. The van der Waals surface area contributed by atoms with E-state index in [4.69, 9.17) is 9.72 Å². The van der Waals surface area contributed by atoms with Gasteiger partial charge in [-0.1, -0.05) is 32.4 Å². The van der Waals surface area contributed by atoms with Crippen molar-refractivity contribution in [1.29, 1.82) is 0 Å². The number of hydrogen-bond acceptors (Lipinski definition) is 7.